The molecule has 2 rings (SSSR count). The van der Waals surface area contributed by atoms with Gasteiger partial charge < -0.3 is 4.74 Å². The van der Waals surface area contributed by atoms with Crippen LogP contribution in [0.15, 0.2) is 24.3 Å². The number of rotatable bonds is 2. The van der Waals surface area contributed by atoms with Crippen molar-refractivity contribution in [1.29, 1.82) is 0 Å². The van der Waals surface area contributed by atoms with E-state index in [2.05, 4.69) is 4.74 Å². The van der Waals surface area contributed by atoms with Gasteiger partial charge in [0.1, 0.15) is 6.67 Å². The number of hydrogen-bond acceptors (Lipinski definition) is 2. The van der Waals surface area contributed by atoms with Gasteiger partial charge in [0.25, 0.3) is 0 Å². The molecule has 1 atom stereocenters. The van der Waals surface area contributed by atoms with Gasteiger partial charge in [0.2, 0.25) is 0 Å². The Morgan fingerprint density at radius 2 is 2.00 bits per heavy atom. The third kappa shape index (κ3) is 1.87. The molecule has 0 aliphatic heterocycles. The topological polar surface area (TPSA) is 26.3 Å². The maximum absolute atomic E-state index is 12.9. The van der Waals surface area contributed by atoms with Gasteiger partial charge in [0, 0.05) is 12.0 Å². The molecule has 1 unspecified atom stereocenters. The van der Waals surface area contributed by atoms with Crippen LogP contribution in [-0.2, 0) is 21.6 Å². The zero-order chi connectivity index (χ0) is 12.7. The molecule has 2 nitrogen and oxygen atoms in total. The summed E-state index contributed by atoms with van der Waals surface area (Å²) in [6, 6.07) is 6.36. The van der Waals surface area contributed by atoms with Gasteiger partial charge in [0.15, 0.2) is 5.60 Å². The molecule has 0 bridgehead atoms. The molecule has 92 valence electrons. The SMILES string of the molecule is O=C(OC1(CF)Cc2ccccc21)C(F)(F)F. The molecule has 0 fully saturated rings. The lowest BCUT2D eigenvalue weighted by molar-refractivity contribution is -0.219. The summed E-state index contributed by atoms with van der Waals surface area (Å²) in [6.07, 6.45) is -5.13. The Hall–Kier alpha value is -1.59. The van der Waals surface area contributed by atoms with Crippen molar-refractivity contribution < 1.29 is 27.1 Å². The van der Waals surface area contributed by atoms with Gasteiger partial charge in [0.05, 0.1) is 0 Å². The first-order valence-corrected chi connectivity index (χ1v) is 4.83. The average Bonchev–Trinajstić information content (AvgIpc) is 2.24. The van der Waals surface area contributed by atoms with E-state index in [0.29, 0.717) is 11.1 Å². The number of benzene rings is 1. The van der Waals surface area contributed by atoms with Crippen LogP contribution < -0.4 is 0 Å². The summed E-state index contributed by atoms with van der Waals surface area (Å²) < 4.78 is 53.3. The van der Waals surface area contributed by atoms with Crippen molar-refractivity contribution in [2.75, 3.05) is 6.67 Å². The predicted octanol–water partition coefficient (Wildman–Crippen LogP) is 2.51. The van der Waals surface area contributed by atoms with Gasteiger partial charge >= 0.3 is 12.1 Å². The number of halogens is 4. The average molecular weight is 248 g/mol. The van der Waals surface area contributed by atoms with Crippen LogP contribution in [0.4, 0.5) is 17.6 Å². The normalized spacial score (nSPS) is 22.6. The molecule has 0 saturated carbocycles. The fraction of sp³-hybridized carbons (Fsp3) is 0.364. The molecule has 17 heavy (non-hydrogen) atoms. The van der Waals surface area contributed by atoms with Gasteiger partial charge in [-0.05, 0) is 5.56 Å². The van der Waals surface area contributed by atoms with Gasteiger partial charge in [-0.15, -0.1) is 0 Å². The minimum atomic E-state index is -5.10. The molecule has 0 amide bonds. The van der Waals surface area contributed by atoms with Crippen molar-refractivity contribution in [3.63, 3.8) is 0 Å². The van der Waals surface area contributed by atoms with E-state index >= 15 is 0 Å². The lowest BCUT2D eigenvalue weighted by atomic mass is 9.74. The van der Waals surface area contributed by atoms with Gasteiger partial charge in [-0.3, -0.25) is 0 Å². The Bertz CT molecular complexity index is 455. The lowest BCUT2D eigenvalue weighted by Crippen LogP contribution is -2.47. The third-order valence-corrected chi connectivity index (χ3v) is 2.72. The largest absolute Gasteiger partial charge is 0.490 e. The van der Waals surface area contributed by atoms with Crippen LogP contribution in [0, 0.1) is 0 Å². The number of hydrogen-bond donors (Lipinski definition) is 0. The second-order valence-corrected chi connectivity index (χ2v) is 3.85. The molecule has 1 aliphatic rings. The van der Waals surface area contributed by atoms with Crippen molar-refractivity contribution >= 4 is 5.97 Å². The highest BCUT2D eigenvalue weighted by molar-refractivity contribution is 5.76. The summed E-state index contributed by atoms with van der Waals surface area (Å²) in [6.45, 7) is -1.16. The monoisotopic (exact) mass is 248 g/mol. The smallest absolute Gasteiger partial charge is 0.444 e. The molecule has 0 aromatic heterocycles. The van der Waals surface area contributed by atoms with Crippen molar-refractivity contribution in [2.45, 2.75) is 18.2 Å². The van der Waals surface area contributed by atoms with Gasteiger partial charge in [-0.1, -0.05) is 24.3 Å². The van der Waals surface area contributed by atoms with Crippen molar-refractivity contribution in [1.82, 2.24) is 0 Å². The summed E-state index contributed by atoms with van der Waals surface area (Å²) in [7, 11) is 0. The maximum Gasteiger partial charge on any atom is 0.490 e. The number of carbonyl (C=O) groups excluding carboxylic acids is 1. The second-order valence-electron chi connectivity index (χ2n) is 3.85. The Kier molecular flexibility index (Phi) is 2.60. The van der Waals surface area contributed by atoms with E-state index in [1.54, 1.807) is 18.2 Å². The Balaban J connectivity index is 2.23. The first-order chi connectivity index (χ1) is 7.89. The number of ether oxygens (including phenoxy) is 1. The highest BCUT2D eigenvalue weighted by atomic mass is 19.4. The molecule has 6 heteroatoms. The Labute approximate surface area is 94.2 Å². The van der Waals surface area contributed by atoms with Gasteiger partial charge in [-0.25, -0.2) is 9.18 Å². The molecule has 1 aromatic rings. The van der Waals surface area contributed by atoms with Crippen LogP contribution in [-0.4, -0.2) is 18.8 Å². The molecule has 1 aliphatic carbocycles. The minimum absolute atomic E-state index is 0.0263. The Morgan fingerprint density at radius 1 is 1.35 bits per heavy atom. The van der Waals surface area contributed by atoms with E-state index < -0.39 is 24.4 Å². The van der Waals surface area contributed by atoms with Crippen molar-refractivity contribution in [3.8, 4) is 0 Å². The van der Waals surface area contributed by atoms with Crippen LogP contribution in [0.25, 0.3) is 0 Å². The summed E-state index contributed by atoms with van der Waals surface area (Å²) in [5.41, 5.74) is -0.761. The molecule has 1 aromatic carbocycles. The van der Waals surface area contributed by atoms with E-state index in [9.17, 15) is 22.4 Å². The number of alkyl halides is 4. The Morgan fingerprint density at radius 3 is 2.53 bits per heavy atom. The highest BCUT2D eigenvalue weighted by Crippen LogP contribution is 2.43. The highest BCUT2D eigenvalue weighted by Gasteiger charge is 2.52. The molecule has 0 saturated heterocycles. The van der Waals surface area contributed by atoms with Crippen LogP contribution in [0.3, 0.4) is 0 Å². The zero-order valence-corrected chi connectivity index (χ0v) is 8.55. The number of carbonyl (C=O) groups is 1. The van der Waals surface area contributed by atoms with E-state index in [1.807, 2.05) is 0 Å². The quantitative estimate of drug-likeness (QED) is 0.593. The van der Waals surface area contributed by atoms with Crippen LogP contribution in [0.1, 0.15) is 11.1 Å². The summed E-state index contributed by atoms with van der Waals surface area (Å²) in [5.74, 6) is -2.36. The third-order valence-electron chi connectivity index (χ3n) is 2.72. The summed E-state index contributed by atoms with van der Waals surface area (Å²) in [4.78, 5) is 10.7. The van der Waals surface area contributed by atoms with Gasteiger partial charge in [-0.2, -0.15) is 13.2 Å². The minimum Gasteiger partial charge on any atom is -0.444 e. The molecular formula is C11H8F4O2. The molecule has 0 radical (unpaired) electrons. The van der Waals surface area contributed by atoms with E-state index in [-0.39, 0.29) is 6.42 Å². The van der Waals surface area contributed by atoms with Crippen LogP contribution >= 0.6 is 0 Å². The molecule has 0 spiro atoms. The first-order valence-electron chi connectivity index (χ1n) is 4.83. The van der Waals surface area contributed by atoms with E-state index in [4.69, 9.17) is 0 Å². The summed E-state index contributed by atoms with van der Waals surface area (Å²) >= 11 is 0. The van der Waals surface area contributed by atoms with Crippen molar-refractivity contribution in [3.05, 3.63) is 35.4 Å². The van der Waals surface area contributed by atoms with Crippen molar-refractivity contribution in [2.24, 2.45) is 0 Å². The second kappa shape index (κ2) is 3.72. The van der Waals surface area contributed by atoms with E-state index in [0.717, 1.165) is 0 Å². The fourth-order valence-electron chi connectivity index (χ4n) is 1.89. The fourth-order valence-corrected chi connectivity index (χ4v) is 1.89. The zero-order valence-electron chi connectivity index (χ0n) is 8.55. The molecule has 0 heterocycles. The summed E-state index contributed by atoms with van der Waals surface area (Å²) in [5, 5.41) is 0. The van der Waals surface area contributed by atoms with Crippen LogP contribution in [0.2, 0.25) is 0 Å². The molecule has 0 N–H and O–H groups in total. The van der Waals surface area contributed by atoms with E-state index in [1.165, 1.54) is 6.07 Å². The predicted molar refractivity (Wildman–Crippen MR) is 49.9 cm³/mol. The van der Waals surface area contributed by atoms with Crippen LogP contribution in [0.5, 0.6) is 0 Å². The standard InChI is InChI=1S/C11H8F4O2/c12-6-10(17-9(16)11(13,14)15)5-7-3-1-2-4-8(7)10/h1-4H,5-6H2. The maximum atomic E-state index is 12.9. The molecular weight excluding hydrogens is 240 g/mol. The first kappa shape index (κ1) is 11.9. The lowest BCUT2D eigenvalue weighted by Gasteiger charge is -2.41. The number of fused-ring (bicyclic) bond motifs is 1. The number of esters is 1.